The van der Waals surface area contributed by atoms with E-state index in [2.05, 4.69) is 10.6 Å². The summed E-state index contributed by atoms with van der Waals surface area (Å²) in [6, 6.07) is 7.70. The number of benzene rings is 1. The number of rotatable bonds is 8. The summed E-state index contributed by atoms with van der Waals surface area (Å²) in [5.41, 5.74) is 1.11. The third kappa shape index (κ3) is 6.78. The first kappa shape index (κ1) is 16.0. The molecule has 5 nitrogen and oxygen atoms in total. The number of aryl methyl sites for hydroxylation is 1. The number of hydrogen-bond donors (Lipinski definition) is 2. The van der Waals surface area contributed by atoms with Crippen molar-refractivity contribution in [2.75, 3.05) is 20.2 Å². The monoisotopic (exact) mass is 278 g/mol. The van der Waals surface area contributed by atoms with E-state index in [1.54, 1.807) is 7.11 Å². The highest BCUT2D eigenvalue weighted by molar-refractivity contribution is 5.76. The van der Waals surface area contributed by atoms with Crippen LogP contribution >= 0.6 is 0 Å². The molecule has 0 aliphatic heterocycles. The van der Waals surface area contributed by atoms with Gasteiger partial charge >= 0.3 is 0 Å². The second-order valence-electron chi connectivity index (χ2n) is 4.53. The molecule has 0 aromatic heterocycles. The van der Waals surface area contributed by atoms with Crippen LogP contribution in [-0.4, -0.2) is 32.0 Å². The molecular formula is C15H22N2O3. The lowest BCUT2D eigenvalue weighted by Crippen LogP contribution is -2.28. The molecule has 1 rings (SSSR count). The molecule has 0 saturated heterocycles. The maximum absolute atomic E-state index is 11.6. The largest absolute Gasteiger partial charge is 0.497 e. The highest BCUT2D eigenvalue weighted by Crippen LogP contribution is 2.12. The van der Waals surface area contributed by atoms with Crippen LogP contribution in [0, 0.1) is 0 Å². The molecule has 110 valence electrons. The van der Waals surface area contributed by atoms with Crippen LogP contribution in [0.5, 0.6) is 5.75 Å². The Kier molecular flexibility index (Phi) is 7.17. The van der Waals surface area contributed by atoms with Crippen LogP contribution in [0.25, 0.3) is 0 Å². The summed E-state index contributed by atoms with van der Waals surface area (Å²) in [5, 5.41) is 5.52. The highest BCUT2D eigenvalue weighted by atomic mass is 16.5. The quantitative estimate of drug-likeness (QED) is 0.704. The molecule has 0 atom stereocenters. The van der Waals surface area contributed by atoms with Gasteiger partial charge in [-0.25, -0.2) is 0 Å². The smallest absolute Gasteiger partial charge is 0.220 e. The zero-order valence-electron chi connectivity index (χ0n) is 12.1. The van der Waals surface area contributed by atoms with Gasteiger partial charge in [0.15, 0.2) is 0 Å². The first-order valence-electron chi connectivity index (χ1n) is 6.76. The maximum Gasteiger partial charge on any atom is 0.220 e. The SMILES string of the molecule is COc1ccc(CCC(=O)NCCCNC(C)=O)cc1. The summed E-state index contributed by atoms with van der Waals surface area (Å²) in [6.45, 7) is 2.66. The molecule has 5 heteroatoms. The summed E-state index contributed by atoms with van der Waals surface area (Å²) in [7, 11) is 1.63. The summed E-state index contributed by atoms with van der Waals surface area (Å²) in [6.07, 6.45) is 1.92. The van der Waals surface area contributed by atoms with E-state index in [0.29, 0.717) is 25.9 Å². The molecule has 0 aliphatic rings. The number of carbonyl (C=O) groups excluding carboxylic acids is 2. The summed E-state index contributed by atoms with van der Waals surface area (Å²) in [4.78, 5) is 22.3. The number of ether oxygens (including phenoxy) is 1. The van der Waals surface area contributed by atoms with Crippen LogP contribution in [0.4, 0.5) is 0 Å². The first-order valence-corrected chi connectivity index (χ1v) is 6.76. The van der Waals surface area contributed by atoms with E-state index >= 15 is 0 Å². The standard InChI is InChI=1S/C15H22N2O3/c1-12(18)16-10-3-11-17-15(19)9-6-13-4-7-14(20-2)8-5-13/h4-5,7-8H,3,6,9-11H2,1-2H3,(H,16,18)(H,17,19). The van der Waals surface area contributed by atoms with Gasteiger partial charge in [0, 0.05) is 26.4 Å². The van der Waals surface area contributed by atoms with Crippen molar-refractivity contribution in [2.45, 2.75) is 26.2 Å². The van der Waals surface area contributed by atoms with Gasteiger partial charge in [-0.15, -0.1) is 0 Å². The number of amides is 2. The Hall–Kier alpha value is -2.04. The third-order valence-electron chi connectivity index (χ3n) is 2.85. The van der Waals surface area contributed by atoms with E-state index in [9.17, 15) is 9.59 Å². The predicted octanol–water partition coefficient (Wildman–Crippen LogP) is 1.27. The molecule has 1 aromatic carbocycles. The Morgan fingerprint density at radius 3 is 2.35 bits per heavy atom. The molecule has 0 aliphatic carbocycles. The van der Waals surface area contributed by atoms with Gasteiger partial charge in [0.05, 0.1) is 7.11 Å². The first-order chi connectivity index (χ1) is 9.61. The van der Waals surface area contributed by atoms with Crippen molar-refractivity contribution < 1.29 is 14.3 Å². The van der Waals surface area contributed by atoms with Gasteiger partial charge in [0.1, 0.15) is 5.75 Å². The van der Waals surface area contributed by atoms with Crippen LogP contribution in [0.1, 0.15) is 25.3 Å². The molecular weight excluding hydrogens is 256 g/mol. The average Bonchev–Trinajstić information content (AvgIpc) is 2.45. The van der Waals surface area contributed by atoms with Crippen molar-refractivity contribution in [1.29, 1.82) is 0 Å². The Bertz CT molecular complexity index is 429. The molecule has 0 radical (unpaired) electrons. The molecule has 2 N–H and O–H groups in total. The normalized spacial score (nSPS) is 9.90. The second kappa shape index (κ2) is 8.96. The minimum atomic E-state index is -0.0455. The average molecular weight is 278 g/mol. The highest BCUT2D eigenvalue weighted by Gasteiger charge is 2.02. The van der Waals surface area contributed by atoms with E-state index in [1.165, 1.54) is 6.92 Å². The maximum atomic E-state index is 11.6. The fourth-order valence-electron chi connectivity index (χ4n) is 1.72. The van der Waals surface area contributed by atoms with Crippen molar-refractivity contribution in [3.05, 3.63) is 29.8 Å². The lowest BCUT2D eigenvalue weighted by molar-refractivity contribution is -0.121. The molecule has 0 fully saturated rings. The van der Waals surface area contributed by atoms with Crippen molar-refractivity contribution in [3.63, 3.8) is 0 Å². The molecule has 1 aromatic rings. The van der Waals surface area contributed by atoms with E-state index in [4.69, 9.17) is 4.74 Å². The van der Waals surface area contributed by atoms with Gasteiger partial charge < -0.3 is 15.4 Å². The fraction of sp³-hybridized carbons (Fsp3) is 0.467. The van der Waals surface area contributed by atoms with E-state index < -0.39 is 0 Å². The van der Waals surface area contributed by atoms with Gasteiger partial charge in [-0.3, -0.25) is 9.59 Å². The molecule has 0 bridgehead atoms. The molecule has 0 unspecified atom stereocenters. The zero-order valence-corrected chi connectivity index (χ0v) is 12.1. The molecule has 20 heavy (non-hydrogen) atoms. The molecule has 0 saturated carbocycles. The van der Waals surface area contributed by atoms with E-state index in [0.717, 1.165) is 17.7 Å². The summed E-state index contributed by atoms with van der Waals surface area (Å²) >= 11 is 0. The van der Waals surface area contributed by atoms with Crippen molar-refractivity contribution >= 4 is 11.8 Å². The van der Waals surface area contributed by atoms with Crippen molar-refractivity contribution in [2.24, 2.45) is 0 Å². The van der Waals surface area contributed by atoms with E-state index in [-0.39, 0.29) is 11.8 Å². The van der Waals surface area contributed by atoms with Crippen LogP contribution in [0.3, 0.4) is 0 Å². The molecule has 0 heterocycles. The van der Waals surface area contributed by atoms with Crippen LogP contribution in [0.2, 0.25) is 0 Å². The predicted molar refractivity (Wildman–Crippen MR) is 77.6 cm³/mol. The summed E-state index contributed by atoms with van der Waals surface area (Å²) in [5.74, 6) is 0.802. The minimum absolute atomic E-state index is 0.0312. The second-order valence-corrected chi connectivity index (χ2v) is 4.53. The Labute approximate surface area is 119 Å². The Morgan fingerprint density at radius 1 is 1.10 bits per heavy atom. The van der Waals surface area contributed by atoms with Gasteiger partial charge in [-0.1, -0.05) is 12.1 Å². The zero-order chi connectivity index (χ0) is 14.8. The number of carbonyl (C=O) groups is 2. The number of nitrogens with one attached hydrogen (secondary N) is 2. The topological polar surface area (TPSA) is 67.4 Å². The van der Waals surface area contributed by atoms with Gasteiger partial charge in [0.2, 0.25) is 11.8 Å². The van der Waals surface area contributed by atoms with Gasteiger partial charge in [0.25, 0.3) is 0 Å². The summed E-state index contributed by atoms with van der Waals surface area (Å²) < 4.78 is 5.08. The fourth-order valence-corrected chi connectivity index (χ4v) is 1.72. The Balaban J connectivity index is 2.14. The number of hydrogen-bond acceptors (Lipinski definition) is 3. The van der Waals surface area contributed by atoms with Crippen LogP contribution < -0.4 is 15.4 Å². The molecule has 2 amide bonds. The molecule has 0 spiro atoms. The Morgan fingerprint density at radius 2 is 1.75 bits per heavy atom. The van der Waals surface area contributed by atoms with Gasteiger partial charge in [-0.05, 0) is 30.5 Å². The minimum Gasteiger partial charge on any atom is -0.497 e. The van der Waals surface area contributed by atoms with Crippen molar-refractivity contribution in [1.82, 2.24) is 10.6 Å². The number of methoxy groups -OCH3 is 1. The van der Waals surface area contributed by atoms with Crippen molar-refractivity contribution in [3.8, 4) is 5.75 Å². The van der Waals surface area contributed by atoms with Crippen LogP contribution in [-0.2, 0) is 16.0 Å². The lowest BCUT2D eigenvalue weighted by atomic mass is 10.1. The third-order valence-corrected chi connectivity index (χ3v) is 2.85. The lowest BCUT2D eigenvalue weighted by Gasteiger charge is -2.06. The van der Waals surface area contributed by atoms with Gasteiger partial charge in [-0.2, -0.15) is 0 Å². The van der Waals surface area contributed by atoms with E-state index in [1.807, 2.05) is 24.3 Å². The van der Waals surface area contributed by atoms with Crippen LogP contribution in [0.15, 0.2) is 24.3 Å².